The van der Waals surface area contributed by atoms with Gasteiger partial charge in [-0.1, -0.05) is 12.1 Å². The van der Waals surface area contributed by atoms with E-state index in [-0.39, 0.29) is 17.9 Å². The van der Waals surface area contributed by atoms with Gasteiger partial charge in [-0.05, 0) is 31.5 Å². The Bertz CT molecular complexity index is 1060. The van der Waals surface area contributed by atoms with Gasteiger partial charge in [0, 0.05) is 19.8 Å². The predicted molar refractivity (Wildman–Crippen MR) is 99.8 cm³/mol. The van der Waals surface area contributed by atoms with E-state index in [1.54, 1.807) is 33.0 Å². The Kier molecular flexibility index (Phi) is 4.65. The van der Waals surface area contributed by atoms with Crippen LogP contribution in [0.25, 0.3) is 0 Å². The van der Waals surface area contributed by atoms with Gasteiger partial charge < -0.3 is 15.2 Å². The zero-order valence-electron chi connectivity index (χ0n) is 15.6. The monoisotopic (exact) mass is 371 g/mol. The molecule has 0 fully saturated rings. The molecule has 2 N–H and O–H groups in total. The van der Waals surface area contributed by atoms with Crippen LogP contribution in [0.3, 0.4) is 0 Å². The average molecular weight is 371 g/mol. The fourth-order valence-electron chi connectivity index (χ4n) is 3.37. The number of nitrogens with one attached hydrogen (secondary N) is 1. The Hall–Kier alpha value is -3.29. The summed E-state index contributed by atoms with van der Waals surface area (Å²) < 4.78 is 7.56. The van der Waals surface area contributed by atoms with E-state index in [1.807, 2.05) is 0 Å². The molecule has 3 rings (SSSR count). The van der Waals surface area contributed by atoms with Crippen LogP contribution >= 0.6 is 0 Å². The fraction of sp³-hybridized carbons (Fsp3) is 0.316. The van der Waals surface area contributed by atoms with Crippen LogP contribution in [0.2, 0.25) is 0 Å². The number of hydrogen-bond donors (Lipinski definition) is 2. The van der Waals surface area contributed by atoms with Crippen molar-refractivity contribution >= 4 is 11.8 Å². The number of aromatic hydroxyl groups is 1. The third-order valence-corrected chi connectivity index (χ3v) is 4.71. The number of nitrogens with zero attached hydrogens (tertiary/aromatic N) is 2. The van der Waals surface area contributed by atoms with Crippen molar-refractivity contribution in [3.05, 3.63) is 67.5 Å². The normalized spacial score (nSPS) is 15.9. The van der Waals surface area contributed by atoms with Crippen molar-refractivity contribution in [2.24, 2.45) is 14.1 Å². The highest BCUT2D eigenvalue weighted by molar-refractivity contribution is 5.94. The molecule has 1 aliphatic heterocycles. The molecule has 1 unspecified atom stereocenters. The molecule has 1 atom stereocenters. The number of ether oxygens (including phenoxy) is 1. The number of aromatic nitrogens is 2. The Labute approximate surface area is 155 Å². The Morgan fingerprint density at radius 1 is 1.19 bits per heavy atom. The lowest BCUT2D eigenvalue weighted by Crippen LogP contribution is -2.43. The molecule has 0 spiro atoms. The van der Waals surface area contributed by atoms with Gasteiger partial charge in [0.2, 0.25) is 0 Å². The summed E-state index contributed by atoms with van der Waals surface area (Å²) in [4.78, 5) is 37.9. The zero-order chi connectivity index (χ0) is 19.9. The van der Waals surface area contributed by atoms with Crippen LogP contribution in [0.1, 0.15) is 30.9 Å². The maximum Gasteiger partial charge on any atom is 0.336 e. The van der Waals surface area contributed by atoms with Crippen LogP contribution < -0.4 is 16.6 Å². The molecule has 0 saturated heterocycles. The van der Waals surface area contributed by atoms with Gasteiger partial charge in [0.15, 0.2) is 0 Å². The summed E-state index contributed by atoms with van der Waals surface area (Å²) >= 11 is 0. The summed E-state index contributed by atoms with van der Waals surface area (Å²) in [5.74, 6) is -0.861. The molecular formula is C19H21N3O5. The van der Waals surface area contributed by atoms with Crippen molar-refractivity contribution in [2.45, 2.75) is 19.8 Å². The van der Waals surface area contributed by atoms with Crippen molar-refractivity contribution in [1.29, 1.82) is 0 Å². The minimum absolute atomic E-state index is 0.0691. The number of esters is 1. The molecule has 0 amide bonds. The summed E-state index contributed by atoms with van der Waals surface area (Å²) in [5.41, 5.74) is 0.747. The third-order valence-electron chi connectivity index (χ3n) is 4.71. The highest BCUT2D eigenvalue weighted by atomic mass is 16.5. The van der Waals surface area contributed by atoms with Gasteiger partial charge in [-0.2, -0.15) is 0 Å². The van der Waals surface area contributed by atoms with Crippen molar-refractivity contribution in [2.75, 3.05) is 11.9 Å². The van der Waals surface area contributed by atoms with E-state index in [9.17, 15) is 19.5 Å². The van der Waals surface area contributed by atoms with E-state index in [4.69, 9.17) is 4.74 Å². The largest absolute Gasteiger partial charge is 0.508 e. The van der Waals surface area contributed by atoms with Crippen LogP contribution in [-0.2, 0) is 23.6 Å². The minimum Gasteiger partial charge on any atom is -0.508 e. The summed E-state index contributed by atoms with van der Waals surface area (Å²) in [5, 5.41) is 12.6. The average Bonchev–Trinajstić information content (AvgIpc) is 2.64. The SMILES string of the molecule is CCOC(=O)C1=C(C)Nc2c(c(=O)n(C)c(=O)n2C)C1c1ccc(O)cc1. The van der Waals surface area contributed by atoms with Gasteiger partial charge in [-0.25, -0.2) is 9.59 Å². The van der Waals surface area contributed by atoms with E-state index < -0.39 is 23.1 Å². The second-order valence-electron chi connectivity index (χ2n) is 6.38. The van der Waals surface area contributed by atoms with E-state index in [0.717, 1.165) is 4.57 Å². The molecule has 1 aromatic heterocycles. The minimum atomic E-state index is -0.730. The fourth-order valence-corrected chi connectivity index (χ4v) is 3.37. The Morgan fingerprint density at radius 2 is 1.81 bits per heavy atom. The number of allylic oxidation sites excluding steroid dienone is 1. The van der Waals surface area contributed by atoms with Gasteiger partial charge in [0.25, 0.3) is 5.56 Å². The first kappa shape index (κ1) is 18.5. The number of carbonyl (C=O) groups is 1. The molecule has 0 bridgehead atoms. The summed E-state index contributed by atoms with van der Waals surface area (Å²) in [6, 6.07) is 6.27. The first-order chi connectivity index (χ1) is 12.8. The standard InChI is InChI=1S/C19H21N3O5/c1-5-27-18(25)13-10(2)20-16-15(17(24)22(4)19(26)21(16)3)14(13)11-6-8-12(23)9-7-11/h6-9,14,20,23H,5H2,1-4H3. The molecule has 2 aromatic rings. The Balaban J connectivity index is 2.37. The molecule has 0 radical (unpaired) electrons. The van der Waals surface area contributed by atoms with Crippen LogP contribution in [0.4, 0.5) is 5.82 Å². The van der Waals surface area contributed by atoms with Crippen molar-refractivity contribution in [3.8, 4) is 5.75 Å². The van der Waals surface area contributed by atoms with Crippen LogP contribution in [0.5, 0.6) is 5.75 Å². The lowest BCUT2D eigenvalue weighted by Gasteiger charge is -2.30. The van der Waals surface area contributed by atoms with E-state index in [2.05, 4.69) is 5.32 Å². The number of hydrogen-bond acceptors (Lipinski definition) is 6. The molecule has 8 nitrogen and oxygen atoms in total. The quantitative estimate of drug-likeness (QED) is 0.786. The van der Waals surface area contributed by atoms with Gasteiger partial charge >= 0.3 is 11.7 Å². The maximum absolute atomic E-state index is 13.0. The predicted octanol–water partition coefficient (Wildman–Crippen LogP) is 1.18. The molecule has 27 heavy (non-hydrogen) atoms. The lowest BCUT2D eigenvalue weighted by molar-refractivity contribution is -0.138. The molecule has 0 aliphatic carbocycles. The lowest BCUT2D eigenvalue weighted by atomic mass is 9.82. The van der Waals surface area contributed by atoms with Gasteiger partial charge in [0.05, 0.1) is 23.7 Å². The number of phenolic OH excluding ortho intramolecular Hbond substituents is 1. The molecular weight excluding hydrogens is 350 g/mol. The summed E-state index contributed by atoms with van der Waals surface area (Å²) in [7, 11) is 2.96. The van der Waals surface area contributed by atoms with Gasteiger partial charge in [0.1, 0.15) is 11.6 Å². The first-order valence-corrected chi connectivity index (χ1v) is 8.51. The maximum atomic E-state index is 13.0. The molecule has 2 heterocycles. The van der Waals surface area contributed by atoms with Crippen LogP contribution in [-0.4, -0.2) is 26.8 Å². The second kappa shape index (κ2) is 6.79. The molecule has 8 heteroatoms. The molecule has 0 saturated carbocycles. The highest BCUT2D eigenvalue weighted by Crippen LogP contribution is 2.40. The Morgan fingerprint density at radius 3 is 2.41 bits per heavy atom. The topological polar surface area (TPSA) is 103 Å². The molecule has 1 aliphatic rings. The van der Waals surface area contributed by atoms with Crippen molar-refractivity contribution in [3.63, 3.8) is 0 Å². The third kappa shape index (κ3) is 2.92. The van der Waals surface area contributed by atoms with Crippen molar-refractivity contribution < 1.29 is 14.6 Å². The van der Waals surface area contributed by atoms with Gasteiger partial charge in [-0.3, -0.25) is 13.9 Å². The number of phenols is 1. The number of carbonyl (C=O) groups excluding carboxylic acids is 1. The summed E-state index contributed by atoms with van der Waals surface area (Å²) in [6.45, 7) is 3.59. The number of fused-ring (bicyclic) bond motifs is 1. The number of anilines is 1. The highest BCUT2D eigenvalue weighted by Gasteiger charge is 2.37. The van der Waals surface area contributed by atoms with Crippen molar-refractivity contribution in [1.82, 2.24) is 9.13 Å². The number of benzene rings is 1. The first-order valence-electron chi connectivity index (χ1n) is 8.51. The van der Waals surface area contributed by atoms with E-state index in [0.29, 0.717) is 22.7 Å². The van der Waals surface area contributed by atoms with E-state index in [1.165, 1.54) is 23.7 Å². The molecule has 1 aromatic carbocycles. The summed E-state index contributed by atoms with van der Waals surface area (Å²) in [6.07, 6.45) is 0. The zero-order valence-corrected chi connectivity index (χ0v) is 15.6. The van der Waals surface area contributed by atoms with Crippen LogP contribution in [0.15, 0.2) is 45.1 Å². The second-order valence-corrected chi connectivity index (χ2v) is 6.38. The smallest absolute Gasteiger partial charge is 0.336 e. The van der Waals surface area contributed by atoms with Gasteiger partial charge in [-0.15, -0.1) is 0 Å². The van der Waals surface area contributed by atoms with E-state index >= 15 is 0 Å². The molecule has 142 valence electrons. The van der Waals surface area contributed by atoms with Crippen LogP contribution in [0, 0.1) is 0 Å². The number of rotatable bonds is 3.